The standard InChI is InChI=1S/C21H13F5N2O3S2/c22-16-7-4-8-17(23)15(16)12-27-18-9-1-2-10-19(18)33(30,31)28(20(27)29)13-5-3-6-14(11-13)32-21(24,25)26/h1-11H,12H2. The average Bonchev–Trinajstić information content (AvgIpc) is 2.72. The van der Waals surface area contributed by atoms with E-state index in [1.54, 1.807) is 0 Å². The van der Waals surface area contributed by atoms with Crippen molar-refractivity contribution in [3.05, 3.63) is 83.9 Å². The predicted molar refractivity (Wildman–Crippen MR) is 112 cm³/mol. The lowest BCUT2D eigenvalue weighted by molar-refractivity contribution is -0.0328. The first-order valence-electron chi connectivity index (χ1n) is 9.23. The van der Waals surface area contributed by atoms with Gasteiger partial charge in [0.15, 0.2) is 0 Å². The van der Waals surface area contributed by atoms with Crippen LogP contribution in [0.15, 0.2) is 76.5 Å². The van der Waals surface area contributed by atoms with Gasteiger partial charge in [-0.1, -0.05) is 24.3 Å². The molecule has 2 amide bonds. The van der Waals surface area contributed by atoms with E-state index in [-0.39, 0.29) is 21.2 Å². The Kier molecular flexibility index (Phi) is 5.83. The number of benzene rings is 3. The Morgan fingerprint density at radius 1 is 0.879 bits per heavy atom. The topological polar surface area (TPSA) is 57.7 Å². The van der Waals surface area contributed by atoms with Crippen LogP contribution < -0.4 is 9.21 Å². The molecule has 0 aromatic heterocycles. The lowest BCUT2D eigenvalue weighted by Gasteiger charge is -2.36. The van der Waals surface area contributed by atoms with Crippen LogP contribution in [0.4, 0.5) is 38.1 Å². The van der Waals surface area contributed by atoms with Crippen LogP contribution >= 0.6 is 11.8 Å². The molecule has 172 valence electrons. The number of rotatable bonds is 4. The minimum Gasteiger partial charge on any atom is -0.287 e. The molecular weight excluding hydrogens is 487 g/mol. The molecule has 0 saturated heterocycles. The zero-order valence-electron chi connectivity index (χ0n) is 16.4. The molecule has 0 aliphatic carbocycles. The number of halogens is 5. The van der Waals surface area contributed by atoms with Crippen LogP contribution in [0.3, 0.4) is 0 Å². The first-order valence-corrected chi connectivity index (χ1v) is 11.5. The van der Waals surface area contributed by atoms with E-state index in [1.807, 2.05) is 0 Å². The highest BCUT2D eigenvalue weighted by Gasteiger charge is 2.43. The smallest absolute Gasteiger partial charge is 0.287 e. The van der Waals surface area contributed by atoms with Gasteiger partial charge in [0.25, 0.3) is 10.0 Å². The van der Waals surface area contributed by atoms with Crippen LogP contribution in [0.25, 0.3) is 0 Å². The fourth-order valence-electron chi connectivity index (χ4n) is 3.36. The number of urea groups is 1. The summed E-state index contributed by atoms with van der Waals surface area (Å²) in [7, 11) is -4.53. The highest BCUT2D eigenvalue weighted by molar-refractivity contribution is 8.00. The normalized spacial score (nSPS) is 15.5. The van der Waals surface area contributed by atoms with E-state index in [2.05, 4.69) is 0 Å². The van der Waals surface area contributed by atoms with Crippen molar-refractivity contribution >= 4 is 39.2 Å². The molecule has 3 aromatic carbocycles. The number of sulfonamides is 1. The number of amides is 2. The van der Waals surface area contributed by atoms with Gasteiger partial charge < -0.3 is 0 Å². The van der Waals surface area contributed by atoms with Crippen molar-refractivity contribution in [3.63, 3.8) is 0 Å². The predicted octanol–water partition coefficient (Wildman–Crippen LogP) is 5.91. The van der Waals surface area contributed by atoms with E-state index >= 15 is 0 Å². The van der Waals surface area contributed by atoms with E-state index in [4.69, 9.17) is 0 Å². The lowest BCUT2D eigenvalue weighted by Crippen LogP contribution is -2.50. The number of para-hydroxylation sites is 1. The maximum absolute atomic E-state index is 14.3. The molecule has 0 bridgehead atoms. The van der Waals surface area contributed by atoms with Gasteiger partial charge in [-0.2, -0.15) is 17.5 Å². The van der Waals surface area contributed by atoms with E-state index in [0.717, 1.165) is 41.3 Å². The molecule has 0 spiro atoms. The number of fused-ring (bicyclic) bond motifs is 1. The molecule has 0 atom stereocenters. The molecule has 1 aliphatic rings. The van der Waals surface area contributed by atoms with E-state index < -0.39 is 57.1 Å². The van der Waals surface area contributed by atoms with Crippen LogP contribution in [0, 0.1) is 11.6 Å². The summed E-state index contributed by atoms with van der Waals surface area (Å²) in [4.78, 5) is 13.5. The summed E-state index contributed by atoms with van der Waals surface area (Å²) >= 11 is -0.472. The highest BCUT2D eigenvalue weighted by atomic mass is 32.2. The third-order valence-electron chi connectivity index (χ3n) is 4.74. The molecule has 5 nitrogen and oxygen atoms in total. The summed E-state index contributed by atoms with van der Waals surface area (Å²) in [5, 5.41) is 0. The second-order valence-corrected chi connectivity index (χ2v) is 9.74. The van der Waals surface area contributed by atoms with Crippen molar-refractivity contribution in [1.82, 2.24) is 0 Å². The molecule has 3 aromatic rings. The van der Waals surface area contributed by atoms with E-state index in [0.29, 0.717) is 4.31 Å². The Labute approximate surface area is 189 Å². The molecule has 0 radical (unpaired) electrons. The highest BCUT2D eigenvalue weighted by Crippen LogP contribution is 2.41. The molecule has 0 N–H and O–H groups in total. The third-order valence-corrected chi connectivity index (χ3v) is 7.21. The number of carbonyl (C=O) groups excluding carboxylic acids is 1. The number of hydrogen-bond donors (Lipinski definition) is 0. The molecule has 0 fully saturated rings. The quantitative estimate of drug-likeness (QED) is 0.330. The SMILES string of the molecule is O=C1N(Cc2c(F)cccc2F)c2ccccc2S(=O)(=O)N1c1cccc(SC(F)(F)F)c1. The zero-order chi connectivity index (χ0) is 24.0. The number of hydrogen-bond acceptors (Lipinski definition) is 4. The van der Waals surface area contributed by atoms with Crippen molar-refractivity contribution in [1.29, 1.82) is 0 Å². The Bertz CT molecular complexity index is 1330. The van der Waals surface area contributed by atoms with Crippen molar-refractivity contribution in [2.75, 3.05) is 9.21 Å². The Hall–Kier alpha value is -3.12. The summed E-state index contributed by atoms with van der Waals surface area (Å²) in [5.74, 6) is -1.88. The second kappa shape index (κ2) is 8.34. The maximum atomic E-state index is 14.3. The van der Waals surface area contributed by atoms with E-state index in [1.165, 1.54) is 30.3 Å². The summed E-state index contributed by atoms with van der Waals surface area (Å²) in [6.45, 7) is -0.642. The van der Waals surface area contributed by atoms with Crippen molar-refractivity contribution < 1.29 is 35.2 Å². The van der Waals surface area contributed by atoms with Gasteiger partial charge in [-0.3, -0.25) is 4.90 Å². The molecule has 0 unspecified atom stereocenters. The van der Waals surface area contributed by atoms with Gasteiger partial charge in [0, 0.05) is 10.5 Å². The number of carbonyl (C=O) groups is 1. The summed E-state index contributed by atoms with van der Waals surface area (Å²) in [6, 6.07) is 11.6. The van der Waals surface area contributed by atoms with Gasteiger partial charge in [-0.05, 0) is 54.2 Å². The third kappa shape index (κ3) is 4.40. The minimum atomic E-state index is -4.63. The molecule has 1 aliphatic heterocycles. The van der Waals surface area contributed by atoms with Crippen molar-refractivity contribution in [2.45, 2.75) is 21.8 Å². The van der Waals surface area contributed by atoms with Gasteiger partial charge in [0.2, 0.25) is 0 Å². The zero-order valence-corrected chi connectivity index (χ0v) is 18.0. The first-order chi connectivity index (χ1) is 15.5. The van der Waals surface area contributed by atoms with Crippen LogP contribution in [0.5, 0.6) is 0 Å². The fourth-order valence-corrected chi connectivity index (χ4v) is 5.54. The largest absolute Gasteiger partial charge is 0.446 e. The number of alkyl halides is 3. The fraction of sp³-hybridized carbons (Fsp3) is 0.0952. The minimum absolute atomic E-state index is 0.109. The number of nitrogens with zero attached hydrogens (tertiary/aromatic N) is 2. The monoisotopic (exact) mass is 500 g/mol. The molecule has 4 rings (SSSR count). The van der Waals surface area contributed by atoms with Crippen LogP contribution in [-0.2, 0) is 16.6 Å². The van der Waals surface area contributed by atoms with Gasteiger partial charge in [-0.25, -0.2) is 22.0 Å². The molecule has 1 heterocycles. The Balaban J connectivity index is 1.85. The Morgan fingerprint density at radius 2 is 1.52 bits per heavy atom. The summed E-state index contributed by atoms with van der Waals surface area (Å²) in [6.07, 6.45) is 0. The molecule has 0 saturated carbocycles. The molecular formula is C21H13F5N2O3S2. The number of thioether (sulfide) groups is 1. The second-order valence-electron chi connectivity index (χ2n) is 6.85. The lowest BCUT2D eigenvalue weighted by atomic mass is 10.1. The molecule has 33 heavy (non-hydrogen) atoms. The summed E-state index contributed by atoms with van der Waals surface area (Å²) in [5.41, 5.74) is -5.56. The maximum Gasteiger partial charge on any atom is 0.446 e. The Morgan fingerprint density at radius 3 is 2.18 bits per heavy atom. The van der Waals surface area contributed by atoms with Crippen LogP contribution in [-0.4, -0.2) is 20.0 Å². The van der Waals surface area contributed by atoms with Crippen LogP contribution in [0.1, 0.15) is 5.56 Å². The van der Waals surface area contributed by atoms with Crippen molar-refractivity contribution in [2.24, 2.45) is 0 Å². The number of anilines is 2. The van der Waals surface area contributed by atoms with Crippen LogP contribution in [0.2, 0.25) is 0 Å². The summed E-state index contributed by atoms with van der Waals surface area (Å²) < 4.78 is 93.8. The van der Waals surface area contributed by atoms with E-state index in [9.17, 15) is 35.2 Å². The molecule has 12 heteroatoms. The van der Waals surface area contributed by atoms with Gasteiger partial charge in [0.1, 0.15) is 16.5 Å². The average molecular weight is 500 g/mol. The van der Waals surface area contributed by atoms with Gasteiger partial charge in [0.05, 0.1) is 17.9 Å². The van der Waals surface area contributed by atoms with Crippen molar-refractivity contribution in [3.8, 4) is 0 Å². The van der Waals surface area contributed by atoms with Gasteiger partial charge >= 0.3 is 11.5 Å². The van der Waals surface area contributed by atoms with Gasteiger partial charge in [-0.15, -0.1) is 0 Å². The first kappa shape index (κ1) is 23.1.